The normalized spacial score (nSPS) is 33.5. The van der Waals surface area contributed by atoms with Crippen molar-refractivity contribution in [1.82, 2.24) is 5.32 Å². The van der Waals surface area contributed by atoms with Crippen LogP contribution in [0.4, 0.5) is 0 Å². The number of rotatable bonds is 4. The molecule has 2 nitrogen and oxygen atoms in total. The Hall–Kier alpha value is 0.110. The van der Waals surface area contributed by atoms with Gasteiger partial charge in [-0.05, 0) is 32.2 Å². The molecule has 0 aromatic carbocycles. The smallest absolute Gasteiger partial charge is 0.0504 e. The molecule has 0 heterocycles. The SMILES string of the molecule is CCNC1CCCCCC1S(=O)C1CCCC1. The Morgan fingerprint density at radius 1 is 1.00 bits per heavy atom. The van der Waals surface area contributed by atoms with Crippen LogP contribution in [-0.4, -0.2) is 27.3 Å². The summed E-state index contributed by atoms with van der Waals surface area (Å²) >= 11 is 0. The second kappa shape index (κ2) is 6.89. The van der Waals surface area contributed by atoms with E-state index in [0.29, 0.717) is 16.5 Å². The van der Waals surface area contributed by atoms with Crippen molar-refractivity contribution >= 4 is 10.8 Å². The molecular formula is C14H27NOS. The van der Waals surface area contributed by atoms with E-state index >= 15 is 0 Å². The van der Waals surface area contributed by atoms with Crippen molar-refractivity contribution in [2.45, 2.75) is 81.3 Å². The van der Waals surface area contributed by atoms with E-state index in [1.807, 2.05) is 0 Å². The molecule has 3 unspecified atom stereocenters. The average Bonchev–Trinajstić information content (AvgIpc) is 2.77. The van der Waals surface area contributed by atoms with Gasteiger partial charge in [-0.15, -0.1) is 0 Å². The van der Waals surface area contributed by atoms with Crippen LogP contribution in [0.1, 0.15) is 64.7 Å². The highest BCUT2D eigenvalue weighted by molar-refractivity contribution is 7.86. The summed E-state index contributed by atoms with van der Waals surface area (Å²) in [5.74, 6) is 0. The van der Waals surface area contributed by atoms with Gasteiger partial charge < -0.3 is 5.32 Å². The Morgan fingerprint density at radius 2 is 1.65 bits per heavy atom. The van der Waals surface area contributed by atoms with Gasteiger partial charge in [0.25, 0.3) is 0 Å². The van der Waals surface area contributed by atoms with Crippen LogP contribution in [0.3, 0.4) is 0 Å². The Labute approximate surface area is 108 Å². The molecule has 0 amide bonds. The summed E-state index contributed by atoms with van der Waals surface area (Å²) in [7, 11) is -0.587. The molecule has 2 saturated carbocycles. The van der Waals surface area contributed by atoms with Gasteiger partial charge >= 0.3 is 0 Å². The number of hydrogen-bond acceptors (Lipinski definition) is 2. The molecule has 1 N–H and O–H groups in total. The van der Waals surface area contributed by atoms with Crippen molar-refractivity contribution in [2.24, 2.45) is 0 Å². The third-order valence-electron chi connectivity index (χ3n) is 4.35. The predicted molar refractivity (Wildman–Crippen MR) is 74.7 cm³/mol. The average molecular weight is 257 g/mol. The van der Waals surface area contributed by atoms with Crippen molar-refractivity contribution in [3.63, 3.8) is 0 Å². The molecular weight excluding hydrogens is 230 g/mol. The maximum absolute atomic E-state index is 12.7. The van der Waals surface area contributed by atoms with E-state index in [2.05, 4.69) is 12.2 Å². The van der Waals surface area contributed by atoms with Gasteiger partial charge in [-0.2, -0.15) is 0 Å². The Morgan fingerprint density at radius 3 is 2.35 bits per heavy atom. The van der Waals surface area contributed by atoms with Crippen LogP contribution in [0, 0.1) is 0 Å². The third-order valence-corrected chi connectivity index (χ3v) is 6.64. The lowest BCUT2D eigenvalue weighted by Crippen LogP contribution is -2.43. The van der Waals surface area contributed by atoms with E-state index in [9.17, 15) is 4.21 Å². The van der Waals surface area contributed by atoms with Crippen LogP contribution in [-0.2, 0) is 10.8 Å². The van der Waals surface area contributed by atoms with E-state index in [0.717, 1.165) is 6.54 Å². The Balaban J connectivity index is 1.99. The molecule has 2 fully saturated rings. The minimum absolute atomic E-state index is 0.431. The molecule has 0 aromatic rings. The van der Waals surface area contributed by atoms with Crippen LogP contribution < -0.4 is 5.32 Å². The Kier molecular flexibility index (Phi) is 5.49. The molecule has 2 aliphatic carbocycles. The predicted octanol–water partition coefficient (Wildman–Crippen LogP) is 2.99. The third kappa shape index (κ3) is 3.54. The molecule has 2 aliphatic rings. The van der Waals surface area contributed by atoms with Gasteiger partial charge in [0.05, 0.1) is 5.25 Å². The zero-order chi connectivity index (χ0) is 12.1. The van der Waals surface area contributed by atoms with Crippen molar-refractivity contribution in [2.75, 3.05) is 6.54 Å². The van der Waals surface area contributed by atoms with E-state index in [4.69, 9.17) is 0 Å². The van der Waals surface area contributed by atoms with Crippen molar-refractivity contribution in [3.05, 3.63) is 0 Å². The van der Waals surface area contributed by atoms with Crippen LogP contribution in [0.2, 0.25) is 0 Å². The fraction of sp³-hybridized carbons (Fsp3) is 1.00. The first-order valence-corrected chi connectivity index (χ1v) is 8.73. The highest BCUT2D eigenvalue weighted by Crippen LogP contribution is 2.30. The van der Waals surface area contributed by atoms with Crippen molar-refractivity contribution < 1.29 is 4.21 Å². The summed E-state index contributed by atoms with van der Waals surface area (Å²) in [5.41, 5.74) is 0. The zero-order valence-corrected chi connectivity index (χ0v) is 11.9. The van der Waals surface area contributed by atoms with Crippen molar-refractivity contribution in [1.29, 1.82) is 0 Å². The highest BCUT2D eigenvalue weighted by atomic mass is 32.2. The van der Waals surface area contributed by atoms with E-state index < -0.39 is 10.8 Å². The first kappa shape index (κ1) is 13.5. The molecule has 100 valence electrons. The Bertz CT molecular complexity index is 251. The van der Waals surface area contributed by atoms with Gasteiger partial charge in [-0.3, -0.25) is 4.21 Å². The topological polar surface area (TPSA) is 29.1 Å². The number of hydrogen-bond donors (Lipinski definition) is 1. The maximum atomic E-state index is 12.7. The van der Waals surface area contributed by atoms with Crippen LogP contribution in [0.25, 0.3) is 0 Å². The summed E-state index contributed by atoms with van der Waals surface area (Å²) < 4.78 is 12.7. The molecule has 0 bridgehead atoms. The van der Waals surface area contributed by atoms with Gasteiger partial charge in [0, 0.05) is 22.1 Å². The number of nitrogens with one attached hydrogen (secondary N) is 1. The molecule has 0 aromatic heterocycles. The molecule has 3 heteroatoms. The summed E-state index contributed by atoms with van der Waals surface area (Å²) in [6.45, 7) is 3.18. The molecule has 0 radical (unpaired) electrons. The first-order valence-electron chi connectivity index (χ1n) is 7.45. The van der Waals surface area contributed by atoms with Gasteiger partial charge in [-0.1, -0.05) is 39.0 Å². The van der Waals surface area contributed by atoms with Gasteiger partial charge in [0.2, 0.25) is 0 Å². The van der Waals surface area contributed by atoms with Gasteiger partial charge in [-0.25, -0.2) is 0 Å². The second-order valence-corrected chi connectivity index (χ2v) is 7.50. The van der Waals surface area contributed by atoms with E-state index in [1.165, 1.54) is 57.8 Å². The van der Waals surface area contributed by atoms with Gasteiger partial charge in [0.15, 0.2) is 0 Å². The van der Waals surface area contributed by atoms with Gasteiger partial charge in [0.1, 0.15) is 0 Å². The van der Waals surface area contributed by atoms with Crippen LogP contribution >= 0.6 is 0 Å². The molecule has 0 aliphatic heterocycles. The molecule has 17 heavy (non-hydrogen) atoms. The minimum atomic E-state index is -0.587. The molecule has 0 spiro atoms. The first-order chi connectivity index (χ1) is 8.33. The summed E-state index contributed by atoms with van der Waals surface area (Å²) in [6, 6.07) is 0.518. The largest absolute Gasteiger partial charge is 0.313 e. The van der Waals surface area contributed by atoms with E-state index in [1.54, 1.807) is 0 Å². The zero-order valence-electron chi connectivity index (χ0n) is 11.1. The molecule has 0 saturated heterocycles. The minimum Gasteiger partial charge on any atom is -0.313 e. The van der Waals surface area contributed by atoms with E-state index in [-0.39, 0.29) is 0 Å². The maximum Gasteiger partial charge on any atom is 0.0504 e. The fourth-order valence-electron chi connectivity index (χ4n) is 3.42. The van der Waals surface area contributed by atoms with Crippen LogP contribution in [0.5, 0.6) is 0 Å². The quantitative estimate of drug-likeness (QED) is 0.785. The lowest BCUT2D eigenvalue weighted by molar-refractivity contribution is 0.472. The summed E-state index contributed by atoms with van der Waals surface area (Å²) in [6.07, 6.45) is 11.4. The lowest BCUT2D eigenvalue weighted by atomic mass is 10.1. The lowest BCUT2D eigenvalue weighted by Gasteiger charge is -2.27. The second-order valence-electron chi connectivity index (χ2n) is 5.58. The fourth-order valence-corrected chi connectivity index (χ4v) is 5.66. The summed E-state index contributed by atoms with van der Waals surface area (Å²) in [5, 5.41) is 4.53. The monoisotopic (exact) mass is 257 g/mol. The molecule has 2 rings (SSSR count). The standard InChI is InChI=1S/C14H27NOS/c1-2-15-13-10-4-3-5-11-14(13)17(16)12-8-6-7-9-12/h12-15H,2-11H2,1H3. The van der Waals surface area contributed by atoms with Crippen LogP contribution in [0.15, 0.2) is 0 Å². The highest BCUT2D eigenvalue weighted by Gasteiger charge is 2.33. The molecule has 3 atom stereocenters. The van der Waals surface area contributed by atoms with Crippen molar-refractivity contribution in [3.8, 4) is 0 Å². The summed E-state index contributed by atoms with van der Waals surface area (Å²) in [4.78, 5) is 0.